The van der Waals surface area contributed by atoms with Crippen molar-refractivity contribution < 1.29 is 4.74 Å². The molecule has 2 saturated heterocycles. The molecule has 0 aromatic rings. The minimum absolute atomic E-state index is 0.346. The third kappa shape index (κ3) is 4.17. The summed E-state index contributed by atoms with van der Waals surface area (Å²) in [5.74, 6) is 0.753. The number of nitrogens with zero attached hydrogens (tertiary/aromatic N) is 1. The molecule has 0 radical (unpaired) electrons. The lowest BCUT2D eigenvalue weighted by Crippen LogP contribution is -2.47. The van der Waals surface area contributed by atoms with Crippen molar-refractivity contribution in [3.63, 3.8) is 0 Å². The summed E-state index contributed by atoms with van der Waals surface area (Å²) in [6.45, 7) is 15.1. The molecule has 0 amide bonds. The average molecular weight is 268 g/mol. The molecule has 2 aliphatic heterocycles. The Labute approximate surface area is 119 Å². The summed E-state index contributed by atoms with van der Waals surface area (Å²) in [6.07, 6.45) is 4.20. The van der Waals surface area contributed by atoms with Gasteiger partial charge in [-0.05, 0) is 43.7 Å². The molecule has 0 saturated carbocycles. The molecule has 0 aromatic heterocycles. The van der Waals surface area contributed by atoms with Crippen LogP contribution in [0.3, 0.4) is 0 Å². The second-order valence-electron chi connectivity index (χ2n) is 7.35. The number of hydrogen-bond acceptors (Lipinski definition) is 3. The van der Waals surface area contributed by atoms with Crippen LogP contribution in [0.4, 0.5) is 0 Å². The molecule has 112 valence electrons. The molecule has 3 heteroatoms. The van der Waals surface area contributed by atoms with E-state index in [2.05, 4.69) is 37.9 Å². The maximum absolute atomic E-state index is 5.84. The van der Waals surface area contributed by atoms with Gasteiger partial charge in [0.2, 0.25) is 0 Å². The number of ether oxygens (including phenoxy) is 1. The van der Waals surface area contributed by atoms with E-state index in [-0.39, 0.29) is 0 Å². The highest BCUT2D eigenvalue weighted by Crippen LogP contribution is 2.26. The maximum Gasteiger partial charge on any atom is 0.0613 e. The Bertz CT molecular complexity index is 274. The van der Waals surface area contributed by atoms with Crippen LogP contribution in [0.2, 0.25) is 0 Å². The van der Waals surface area contributed by atoms with E-state index >= 15 is 0 Å². The normalized spacial score (nSPS) is 34.4. The average Bonchev–Trinajstić information content (AvgIpc) is 2.63. The van der Waals surface area contributed by atoms with Crippen LogP contribution in [0.1, 0.15) is 47.0 Å². The summed E-state index contributed by atoms with van der Waals surface area (Å²) in [5.41, 5.74) is 0.346. The highest BCUT2D eigenvalue weighted by atomic mass is 16.5. The fraction of sp³-hybridized carbons (Fsp3) is 1.00. The van der Waals surface area contributed by atoms with Crippen LogP contribution in [0.5, 0.6) is 0 Å². The Balaban J connectivity index is 1.91. The van der Waals surface area contributed by atoms with Gasteiger partial charge in [-0.2, -0.15) is 0 Å². The molecule has 1 N–H and O–H groups in total. The highest BCUT2D eigenvalue weighted by Gasteiger charge is 2.32. The number of nitrogens with one attached hydrogen (secondary N) is 1. The molecule has 3 nitrogen and oxygen atoms in total. The van der Waals surface area contributed by atoms with Gasteiger partial charge in [0.15, 0.2) is 0 Å². The van der Waals surface area contributed by atoms with Gasteiger partial charge in [-0.25, -0.2) is 0 Å². The molecular formula is C16H32N2O. The van der Waals surface area contributed by atoms with Crippen LogP contribution in [0.25, 0.3) is 0 Å². The molecule has 2 fully saturated rings. The Kier molecular flexibility index (Phi) is 5.27. The highest BCUT2D eigenvalue weighted by molar-refractivity contribution is 4.87. The van der Waals surface area contributed by atoms with Gasteiger partial charge in [0, 0.05) is 25.7 Å². The van der Waals surface area contributed by atoms with Crippen LogP contribution >= 0.6 is 0 Å². The molecule has 2 aliphatic rings. The zero-order chi connectivity index (χ0) is 13.9. The quantitative estimate of drug-likeness (QED) is 0.851. The van der Waals surface area contributed by atoms with E-state index in [0.29, 0.717) is 17.6 Å². The van der Waals surface area contributed by atoms with Crippen LogP contribution in [0.15, 0.2) is 0 Å². The van der Waals surface area contributed by atoms with E-state index in [1.807, 2.05) is 0 Å². The van der Waals surface area contributed by atoms with Crippen molar-refractivity contribution in [1.82, 2.24) is 10.2 Å². The Morgan fingerprint density at radius 3 is 2.79 bits per heavy atom. The Morgan fingerprint density at radius 1 is 1.32 bits per heavy atom. The zero-order valence-electron chi connectivity index (χ0n) is 13.2. The molecule has 0 aromatic carbocycles. The van der Waals surface area contributed by atoms with Gasteiger partial charge in [-0.1, -0.05) is 27.7 Å². The van der Waals surface area contributed by atoms with Gasteiger partial charge in [0.05, 0.1) is 6.10 Å². The lowest BCUT2D eigenvalue weighted by Gasteiger charge is -2.35. The van der Waals surface area contributed by atoms with E-state index in [0.717, 1.165) is 19.1 Å². The summed E-state index contributed by atoms with van der Waals surface area (Å²) in [4.78, 5) is 2.68. The van der Waals surface area contributed by atoms with Gasteiger partial charge < -0.3 is 15.0 Å². The van der Waals surface area contributed by atoms with Crippen molar-refractivity contribution >= 4 is 0 Å². The van der Waals surface area contributed by atoms with E-state index in [4.69, 9.17) is 4.74 Å². The molecule has 3 unspecified atom stereocenters. The van der Waals surface area contributed by atoms with Crippen molar-refractivity contribution in [2.24, 2.45) is 11.3 Å². The van der Waals surface area contributed by atoms with Gasteiger partial charge in [0.25, 0.3) is 0 Å². The first kappa shape index (κ1) is 15.3. The molecule has 3 atom stereocenters. The predicted octanol–water partition coefficient (Wildman–Crippen LogP) is 2.51. The van der Waals surface area contributed by atoms with Crippen LogP contribution in [0, 0.1) is 11.3 Å². The largest absolute Gasteiger partial charge is 0.378 e. The van der Waals surface area contributed by atoms with Gasteiger partial charge >= 0.3 is 0 Å². The lowest BCUT2D eigenvalue weighted by atomic mass is 9.86. The fourth-order valence-electron chi connectivity index (χ4n) is 3.42. The van der Waals surface area contributed by atoms with Crippen LogP contribution < -0.4 is 5.32 Å². The van der Waals surface area contributed by atoms with Crippen LogP contribution in [-0.2, 0) is 4.74 Å². The molecule has 0 spiro atoms. The van der Waals surface area contributed by atoms with Crippen LogP contribution in [-0.4, -0.2) is 49.8 Å². The fourth-order valence-corrected chi connectivity index (χ4v) is 3.42. The molecule has 0 bridgehead atoms. The molecular weight excluding hydrogens is 236 g/mol. The zero-order valence-corrected chi connectivity index (χ0v) is 13.2. The summed E-state index contributed by atoms with van der Waals surface area (Å²) in [5, 5.41) is 3.73. The van der Waals surface area contributed by atoms with E-state index < -0.39 is 0 Å². The number of hydrogen-bond donors (Lipinski definition) is 1. The van der Waals surface area contributed by atoms with E-state index in [1.165, 1.54) is 38.9 Å². The molecule has 19 heavy (non-hydrogen) atoms. The third-order valence-electron chi connectivity index (χ3n) is 4.77. The van der Waals surface area contributed by atoms with Crippen molar-refractivity contribution in [2.45, 2.75) is 59.1 Å². The molecule has 2 rings (SSSR count). The van der Waals surface area contributed by atoms with Gasteiger partial charge in [-0.15, -0.1) is 0 Å². The van der Waals surface area contributed by atoms with Crippen molar-refractivity contribution in [3.05, 3.63) is 0 Å². The smallest absolute Gasteiger partial charge is 0.0613 e. The predicted molar refractivity (Wildman–Crippen MR) is 80.4 cm³/mol. The summed E-state index contributed by atoms with van der Waals surface area (Å²) < 4.78 is 5.84. The SMILES string of the molecule is CCC1OCCC1CN1CCCNC(C(C)(C)C)C1. The van der Waals surface area contributed by atoms with Gasteiger partial charge in [-0.3, -0.25) is 0 Å². The van der Waals surface area contributed by atoms with Crippen molar-refractivity contribution in [2.75, 3.05) is 32.8 Å². The van der Waals surface area contributed by atoms with E-state index in [9.17, 15) is 0 Å². The first-order chi connectivity index (χ1) is 9.00. The Morgan fingerprint density at radius 2 is 2.11 bits per heavy atom. The standard InChI is InChI=1S/C16H32N2O/c1-5-14-13(7-10-19-14)11-18-9-6-8-17-15(12-18)16(2,3)4/h13-15,17H,5-12H2,1-4H3. The summed E-state index contributed by atoms with van der Waals surface area (Å²) in [7, 11) is 0. The first-order valence-corrected chi connectivity index (χ1v) is 8.08. The number of rotatable bonds is 3. The summed E-state index contributed by atoms with van der Waals surface area (Å²) >= 11 is 0. The minimum atomic E-state index is 0.346. The maximum atomic E-state index is 5.84. The molecule has 2 heterocycles. The van der Waals surface area contributed by atoms with E-state index in [1.54, 1.807) is 0 Å². The summed E-state index contributed by atoms with van der Waals surface area (Å²) in [6, 6.07) is 0.609. The monoisotopic (exact) mass is 268 g/mol. The van der Waals surface area contributed by atoms with Crippen molar-refractivity contribution in [1.29, 1.82) is 0 Å². The molecule has 0 aliphatic carbocycles. The Hall–Kier alpha value is -0.120. The second kappa shape index (κ2) is 6.55. The van der Waals surface area contributed by atoms with Crippen molar-refractivity contribution in [3.8, 4) is 0 Å². The minimum Gasteiger partial charge on any atom is -0.378 e. The first-order valence-electron chi connectivity index (χ1n) is 8.08. The lowest BCUT2D eigenvalue weighted by molar-refractivity contribution is 0.0729. The van der Waals surface area contributed by atoms with Gasteiger partial charge in [0.1, 0.15) is 0 Å². The topological polar surface area (TPSA) is 24.5 Å². The second-order valence-corrected chi connectivity index (χ2v) is 7.35. The third-order valence-corrected chi connectivity index (χ3v) is 4.77.